The first kappa shape index (κ1) is 25.5. The van der Waals surface area contributed by atoms with Crippen molar-refractivity contribution in [3.8, 4) is 0 Å². The highest BCUT2D eigenvalue weighted by atomic mass is 32.2. The summed E-state index contributed by atoms with van der Waals surface area (Å²) in [5.74, 6) is 0.216. The second-order valence-electron chi connectivity index (χ2n) is 8.27. The molecule has 1 aromatic carbocycles. The third-order valence-corrected chi connectivity index (χ3v) is 6.31. The second kappa shape index (κ2) is 11.0. The fraction of sp³-hybridized carbons (Fsp3) is 0.292. The van der Waals surface area contributed by atoms with Crippen molar-refractivity contribution in [1.29, 1.82) is 0 Å². The number of halogens is 1. The fourth-order valence-corrected chi connectivity index (χ4v) is 3.88. The summed E-state index contributed by atoms with van der Waals surface area (Å²) >= 11 is -2.25. The summed E-state index contributed by atoms with van der Waals surface area (Å²) in [4.78, 5) is 26.2. The maximum Gasteiger partial charge on any atom is 0.278 e. The van der Waals surface area contributed by atoms with E-state index in [-0.39, 0.29) is 17.9 Å². The number of hydrogen-bond donors (Lipinski definition) is 4. The van der Waals surface area contributed by atoms with E-state index in [0.29, 0.717) is 34.6 Å². The van der Waals surface area contributed by atoms with Crippen LogP contribution in [0.2, 0.25) is 0 Å². The predicted molar refractivity (Wildman–Crippen MR) is 136 cm³/mol. The lowest BCUT2D eigenvalue weighted by atomic mass is 10.1. The van der Waals surface area contributed by atoms with Gasteiger partial charge in [-0.25, -0.2) is 24.0 Å². The van der Waals surface area contributed by atoms with Crippen molar-refractivity contribution in [3.05, 3.63) is 65.2 Å². The molecule has 1 saturated carbocycles. The van der Waals surface area contributed by atoms with Crippen LogP contribution in [-0.2, 0) is 16.1 Å². The Morgan fingerprint density at radius 3 is 2.64 bits per heavy atom. The molecule has 1 atom stereocenters. The van der Waals surface area contributed by atoms with Crippen LogP contribution in [-0.4, -0.2) is 38.3 Å². The van der Waals surface area contributed by atoms with Crippen molar-refractivity contribution in [2.24, 2.45) is 0 Å². The minimum Gasteiger partial charge on any atom is -0.353 e. The number of benzene rings is 1. The zero-order valence-corrected chi connectivity index (χ0v) is 20.9. The van der Waals surface area contributed by atoms with E-state index in [0.717, 1.165) is 18.4 Å². The Hall–Kier alpha value is -3.61. The van der Waals surface area contributed by atoms with Gasteiger partial charge in [-0.3, -0.25) is 18.5 Å². The molecule has 10 nitrogen and oxygen atoms in total. The van der Waals surface area contributed by atoms with Crippen molar-refractivity contribution >= 4 is 45.9 Å². The Morgan fingerprint density at radius 1 is 1.19 bits per heavy atom. The van der Waals surface area contributed by atoms with Crippen molar-refractivity contribution in [2.45, 2.75) is 32.6 Å². The standard InChI is InChI=1S/C24H27FN6O4S/c1-4-35-30-24(32)17-13-26-23(29-22-10-8-18(25)14(2)27-22)12-20(17)28-19-9-7-16(15-5-6-15)11-21(19)31(3)36(33)34/h7-13,15H,4-6H2,1-3H3,(H,30,32)(H,33,34)(H2,26,27,28,29). The van der Waals surface area contributed by atoms with Gasteiger partial charge in [0.2, 0.25) is 0 Å². The van der Waals surface area contributed by atoms with Crippen LogP contribution in [0.4, 0.5) is 33.1 Å². The Bertz CT molecular complexity index is 1300. The lowest BCUT2D eigenvalue weighted by molar-refractivity contribution is 0.0365. The highest BCUT2D eigenvalue weighted by Crippen LogP contribution is 2.43. The maximum atomic E-state index is 13.6. The number of nitrogens with zero attached hydrogens (tertiary/aromatic N) is 3. The Kier molecular flexibility index (Phi) is 7.77. The van der Waals surface area contributed by atoms with Crippen molar-refractivity contribution < 1.29 is 22.8 Å². The normalized spacial score (nSPS) is 13.7. The van der Waals surface area contributed by atoms with Gasteiger partial charge in [0.15, 0.2) is 0 Å². The van der Waals surface area contributed by atoms with E-state index >= 15 is 0 Å². The topological polar surface area (TPSA) is 129 Å². The summed E-state index contributed by atoms with van der Waals surface area (Å²) in [5, 5.41) is 6.21. The van der Waals surface area contributed by atoms with Gasteiger partial charge in [-0.05, 0) is 62.4 Å². The van der Waals surface area contributed by atoms with Crippen LogP contribution in [0, 0.1) is 12.7 Å². The van der Waals surface area contributed by atoms with Crippen LogP contribution >= 0.6 is 0 Å². The largest absolute Gasteiger partial charge is 0.353 e. The Labute approximate surface area is 210 Å². The summed E-state index contributed by atoms with van der Waals surface area (Å²) < 4.78 is 36.5. The average molecular weight is 515 g/mol. The lowest BCUT2D eigenvalue weighted by Gasteiger charge is -2.21. The summed E-state index contributed by atoms with van der Waals surface area (Å²) in [7, 11) is 1.51. The van der Waals surface area contributed by atoms with E-state index < -0.39 is 23.0 Å². The van der Waals surface area contributed by atoms with Gasteiger partial charge >= 0.3 is 0 Å². The fourth-order valence-electron chi connectivity index (χ4n) is 3.56. The molecular weight excluding hydrogens is 487 g/mol. The highest BCUT2D eigenvalue weighted by Gasteiger charge is 2.26. The summed E-state index contributed by atoms with van der Waals surface area (Å²) in [5.41, 5.74) is 5.22. The molecule has 1 aliphatic carbocycles. The molecule has 0 radical (unpaired) electrons. The van der Waals surface area contributed by atoms with E-state index in [2.05, 4.69) is 26.1 Å². The van der Waals surface area contributed by atoms with Gasteiger partial charge in [-0.15, -0.1) is 0 Å². The third-order valence-electron chi connectivity index (χ3n) is 5.65. The number of aromatic nitrogens is 2. The van der Waals surface area contributed by atoms with Crippen molar-refractivity contribution in [2.75, 3.05) is 28.6 Å². The molecule has 1 amide bonds. The highest BCUT2D eigenvalue weighted by molar-refractivity contribution is 7.80. The van der Waals surface area contributed by atoms with E-state index in [1.165, 1.54) is 29.7 Å². The monoisotopic (exact) mass is 514 g/mol. The van der Waals surface area contributed by atoms with Crippen LogP contribution in [0.1, 0.15) is 47.3 Å². The predicted octanol–water partition coefficient (Wildman–Crippen LogP) is 4.54. The van der Waals surface area contributed by atoms with E-state index in [4.69, 9.17) is 4.84 Å². The average Bonchev–Trinajstić information content (AvgIpc) is 3.70. The first-order valence-corrected chi connectivity index (χ1v) is 12.4. The van der Waals surface area contributed by atoms with Crippen LogP contribution in [0.25, 0.3) is 0 Å². The maximum absolute atomic E-state index is 13.6. The number of amides is 1. The number of hydrogen-bond acceptors (Lipinski definition) is 7. The molecule has 0 spiro atoms. The molecule has 4 N–H and O–H groups in total. The van der Waals surface area contributed by atoms with Gasteiger partial charge < -0.3 is 10.6 Å². The molecular formula is C24H27FN6O4S. The molecule has 4 rings (SSSR count). The number of carbonyl (C=O) groups is 1. The molecule has 1 aliphatic rings. The molecule has 0 bridgehead atoms. The number of aryl methyl sites for hydroxylation is 1. The minimum atomic E-state index is -2.25. The van der Waals surface area contributed by atoms with E-state index in [9.17, 15) is 17.9 Å². The lowest BCUT2D eigenvalue weighted by Crippen LogP contribution is -2.25. The number of rotatable bonds is 10. The smallest absolute Gasteiger partial charge is 0.278 e. The quantitative estimate of drug-likeness (QED) is 0.229. The molecule has 36 heavy (non-hydrogen) atoms. The summed E-state index contributed by atoms with van der Waals surface area (Å²) in [6.45, 7) is 3.56. The Balaban J connectivity index is 1.72. The molecule has 3 aromatic rings. The van der Waals surface area contributed by atoms with Gasteiger partial charge in [-0.2, -0.15) is 0 Å². The molecule has 1 unspecified atom stereocenters. The number of pyridine rings is 2. The summed E-state index contributed by atoms with van der Waals surface area (Å²) in [6.07, 6.45) is 3.52. The van der Waals surface area contributed by atoms with Crippen molar-refractivity contribution in [1.82, 2.24) is 15.4 Å². The molecule has 1 fully saturated rings. The first-order valence-electron chi connectivity index (χ1n) is 11.3. The van der Waals surface area contributed by atoms with Gasteiger partial charge in [0, 0.05) is 19.3 Å². The second-order valence-corrected chi connectivity index (χ2v) is 9.28. The zero-order chi connectivity index (χ0) is 25.8. The molecule has 12 heteroatoms. The number of hydroxylamine groups is 1. The number of carbonyl (C=O) groups excluding carboxylic acids is 1. The first-order chi connectivity index (χ1) is 17.3. The van der Waals surface area contributed by atoms with Crippen LogP contribution in [0.15, 0.2) is 42.6 Å². The molecule has 0 aliphatic heterocycles. The molecule has 2 aromatic heterocycles. The number of nitrogens with one attached hydrogen (secondary N) is 3. The third kappa shape index (κ3) is 5.96. The van der Waals surface area contributed by atoms with Gasteiger partial charge in [-0.1, -0.05) is 6.07 Å². The van der Waals surface area contributed by atoms with Crippen LogP contribution in [0.3, 0.4) is 0 Å². The van der Waals surface area contributed by atoms with Crippen molar-refractivity contribution in [3.63, 3.8) is 0 Å². The molecule has 190 valence electrons. The minimum absolute atomic E-state index is 0.183. The Morgan fingerprint density at radius 2 is 1.97 bits per heavy atom. The molecule has 0 saturated heterocycles. The van der Waals surface area contributed by atoms with Crippen LogP contribution in [0.5, 0.6) is 0 Å². The number of anilines is 5. The van der Waals surface area contributed by atoms with Gasteiger partial charge in [0.05, 0.1) is 34.9 Å². The molecule has 2 heterocycles. The van der Waals surface area contributed by atoms with Gasteiger partial charge in [0.1, 0.15) is 17.5 Å². The SMILES string of the molecule is CCONC(=O)c1cnc(Nc2ccc(F)c(C)n2)cc1Nc1ccc(C2CC2)cc1N(C)S(=O)O. The van der Waals surface area contributed by atoms with Gasteiger partial charge in [0.25, 0.3) is 17.2 Å². The van der Waals surface area contributed by atoms with E-state index in [1.54, 1.807) is 19.9 Å². The summed E-state index contributed by atoms with van der Waals surface area (Å²) in [6, 6.07) is 10.0. The zero-order valence-electron chi connectivity index (χ0n) is 20.0. The van der Waals surface area contributed by atoms with E-state index in [1.807, 2.05) is 18.2 Å². The van der Waals surface area contributed by atoms with Crippen LogP contribution < -0.4 is 20.4 Å².